The van der Waals surface area contributed by atoms with Gasteiger partial charge in [-0.15, -0.1) is 20.4 Å². The molecule has 0 radical (unpaired) electrons. The molecule has 0 unspecified atom stereocenters. The summed E-state index contributed by atoms with van der Waals surface area (Å²) in [6.45, 7) is 0. The molecule has 2 heterocycles. The van der Waals surface area contributed by atoms with E-state index in [0.29, 0.717) is 16.7 Å². The smallest absolute Gasteiger partial charge is 0.236 e. The van der Waals surface area contributed by atoms with E-state index in [0.717, 1.165) is 5.82 Å². The lowest BCUT2D eigenvalue weighted by atomic mass is 10.1. The third-order valence-corrected chi connectivity index (χ3v) is 4.70. The molecule has 9 heteroatoms. The molecule has 0 aliphatic rings. The van der Waals surface area contributed by atoms with E-state index in [9.17, 15) is 4.79 Å². The lowest BCUT2D eigenvalue weighted by Crippen LogP contribution is -2.14. The molecule has 0 saturated heterocycles. The molecule has 2 aromatic heterocycles. The highest BCUT2D eigenvalue weighted by Crippen LogP contribution is 2.18. The SMILES string of the molecule is Cn1c(Cc2ccccc2)nnc1SCC(=O)Nc1nncs1. The van der Waals surface area contributed by atoms with E-state index >= 15 is 0 Å². The molecule has 0 aliphatic carbocycles. The Labute approximate surface area is 141 Å². The van der Waals surface area contributed by atoms with Crippen LogP contribution in [0, 0.1) is 0 Å². The zero-order chi connectivity index (χ0) is 16.1. The van der Waals surface area contributed by atoms with Crippen molar-refractivity contribution in [1.82, 2.24) is 25.0 Å². The first-order valence-corrected chi connectivity index (χ1v) is 8.70. The number of carbonyl (C=O) groups is 1. The van der Waals surface area contributed by atoms with Crippen molar-refractivity contribution in [2.75, 3.05) is 11.1 Å². The number of anilines is 1. The summed E-state index contributed by atoms with van der Waals surface area (Å²) in [5.74, 6) is 0.972. The van der Waals surface area contributed by atoms with E-state index in [1.54, 1.807) is 5.51 Å². The first-order valence-electron chi connectivity index (χ1n) is 6.83. The molecule has 1 aromatic carbocycles. The summed E-state index contributed by atoms with van der Waals surface area (Å²) in [5.41, 5.74) is 2.75. The van der Waals surface area contributed by atoms with Crippen molar-refractivity contribution in [3.8, 4) is 0 Å². The number of rotatable bonds is 6. The Morgan fingerprint density at radius 2 is 2.09 bits per heavy atom. The molecule has 1 amide bonds. The number of benzene rings is 1. The van der Waals surface area contributed by atoms with Crippen molar-refractivity contribution >= 4 is 34.1 Å². The third kappa shape index (κ3) is 4.14. The summed E-state index contributed by atoms with van der Waals surface area (Å²) in [6.07, 6.45) is 0.710. The zero-order valence-corrected chi connectivity index (χ0v) is 14.0. The van der Waals surface area contributed by atoms with Gasteiger partial charge in [-0.1, -0.05) is 53.4 Å². The van der Waals surface area contributed by atoms with Crippen LogP contribution in [0.3, 0.4) is 0 Å². The second-order valence-electron chi connectivity index (χ2n) is 4.70. The highest BCUT2D eigenvalue weighted by Gasteiger charge is 2.12. The highest BCUT2D eigenvalue weighted by atomic mass is 32.2. The average Bonchev–Trinajstić information content (AvgIpc) is 3.18. The van der Waals surface area contributed by atoms with Crippen molar-refractivity contribution in [3.63, 3.8) is 0 Å². The summed E-state index contributed by atoms with van der Waals surface area (Å²) < 4.78 is 1.91. The lowest BCUT2D eigenvalue weighted by Gasteiger charge is -2.04. The Balaban J connectivity index is 1.57. The maximum atomic E-state index is 11.8. The van der Waals surface area contributed by atoms with Gasteiger partial charge in [-0.05, 0) is 5.56 Å². The molecule has 23 heavy (non-hydrogen) atoms. The lowest BCUT2D eigenvalue weighted by molar-refractivity contribution is -0.113. The molecule has 0 atom stereocenters. The number of nitrogens with zero attached hydrogens (tertiary/aromatic N) is 5. The summed E-state index contributed by atoms with van der Waals surface area (Å²) in [4.78, 5) is 11.8. The molecule has 7 nitrogen and oxygen atoms in total. The van der Waals surface area contributed by atoms with Crippen LogP contribution < -0.4 is 5.32 Å². The van der Waals surface area contributed by atoms with Gasteiger partial charge in [0.2, 0.25) is 11.0 Å². The van der Waals surface area contributed by atoms with Gasteiger partial charge in [0, 0.05) is 13.5 Å². The van der Waals surface area contributed by atoms with Crippen molar-refractivity contribution in [2.24, 2.45) is 7.05 Å². The quantitative estimate of drug-likeness (QED) is 0.687. The normalized spacial score (nSPS) is 10.7. The number of thioether (sulfide) groups is 1. The molecule has 0 saturated carbocycles. The van der Waals surface area contributed by atoms with Gasteiger partial charge in [0.25, 0.3) is 0 Å². The van der Waals surface area contributed by atoms with Gasteiger partial charge in [0.1, 0.15) is 11.3 Å². The van der Waals surface area contributed by atoms with E-state index in [-0.39, 0.29) is 11.7 Å². The molecule has 0 spiro atoms. The van der Waals surface area contributed by atoms with Crippen LogP contribution in [0.5, 0.6) is 0 Å². The first kappa shape index (κ1) is 15.6. The molecule has 0 bridgehead atoms. The monoisotopic (exact) mass is 346 g/mol. The second kappa shape index (κ2) is 7.34. The van der Waals surface area contributed by atoms with E-state index in [1.807, 2.05) is 29.8 Å². The highest BCUT2D eigenvalue weighted by molar-refractivity contribution is 7.99. The summed E-state index contributed by atoms with van der Waals surface area (Å²) in [7, 11) is 1.91. The predicted molar refractivity (Wildman–Crippen MR) is 89.5 cm³/mol. The average molecular weight is 346 g/mol. The summed E-state index contributed by atoms with van der Waals surface area (Å²) >= 11 is 2.63. The van der Waals surface area contributed by atoms with Crippen LogP contribution in [-0.4, -0.2) is 36.6 Å². The van der Waals surface area contributed by atoms with Gasteiger partial charge in [0.15, 0.2) is 5.16 Å². The fraction of sp³-hybridized carbons (Fsp3) is 0.214. The van der Waals surface area contributed by atoms with Gasteiger partial charge in [-0.3, -0.25) is 10.1 Å². The minimum atomic E-state index is -0.139. The molecule has 0 fully saturated rings. The Morgan fingerprint density at radius 3 is 2.83 bits per heavy atom. The van der Waals surface area contributed by atoms with E-state index in [1.165, 1.54) is 28.7 Å². The molecule has 3 rings (SSSR count). The van der Waals surface area contributed by atoms with Gasteiger partial charge >= 0.3 is 0 Å². The van der Waals surface area contributed by atoms with Gasteiger partial charge in [0.05, 0.1) is 5.75 Å². The van der Waals surface area contributed by atoms with Crippen molar-refractivity contribution in [3.05, 3.63) is 47.2 Å². The number of nitrogens with one attached hydrogen (secondary N) is 1. The Bertz CT molecular complexity index is 772. The van der Waals surface area contributed by atoms with Crippen LogP contribution >= 0.6 is 23.1 Å². The zero-order valence-electron chi connectivity index (χ0n) is 12.3. The number of aromatic nitrogens is 5. The Hall–Kier alpha value is -2.26. The number of amides is 1. The van der Waals surface area contributed by atoms with Crippen molar-refractivity contribution < 1.29 is 4.79 Å². The summed E-state index contributed by atoms with van der Waals surface area (Å²) in [5, 5.41) is 19.7. The fourth-order valence-corrected chi connectivity index (χ4v) is 3.11. The third-order valence-electron chi connectivity index (χ3n) is 3.07. The van der Waals surface area contributed by atoms with Gasteiger partial charge in [-0.2, -0.15) is 0 Å². The minimum Gasteiger partial charge on any atom is -0.309 e. The van der Waals surface area contributed by atoms with Crippen LogP contribution in [-0.2, 0) is 18.3 Å². The van der Waals surface area contributed by atoms with Crippen molar-refractivity contribution in [2.45, 2.75) is 11.6 Å². The molecule has 3 aromatic rings. The van der Waals surface area contributed by atoms with Gasteiger partial charge in [-0.25, -0.2) is 0 Å². The summed E-state index contributed by atoms with van der Waals surface area (Å²) in [6, 6.07) is 10.1. The predicted octanol–water partition coefficient (Wildman–Crippen LogP) is 1.99. The van der Waals surface area contributed by atoms with Crippen LogP contribution in [0.25, 0.3) is 0 Å². The first-order chi connectivity index (χ1) is 11.2. The molecule has 0 aliphatic heterocycles. The standard InChI is InChI=1S/C14H14N6OS2/c1-20-11(7-10-5-3-2-4-6-10)17-19-14(20)22-8-12(21)16-13-18-15-9-23-13/h2-6,9H,7-8H2,1H3,(H,16,18,21). The Kier molecular flexibility index (Phi) is 4.99. The van der Waals surface area contributed by atoms with E-state index in [4.69, 9.17) is 0 Å². The van der Waals surface area contributed by atoms with E-state index < -0.39 is 0 Å². The number of hydrogen-bond donors (Lipinski definition) is 1. The van der Waals surface area contributed by atoms with E-state index in [2.05, 4.69) is 37.8 Å². The molecular weight excluding hydrogens is 332 g/mol. The Morgan fingerprint density at radius 1 is 1.26 bits per heavy atom. The van der Waals surface area contributed by atoms with Crippen molar-refractivity contribution in [1.29, 1.82) is 0 Å². The second-order valence-corrected chi connectivity index (χ2v) is 6.48. The maximum absolute atomic E-state index is 11.8. The largest absolute Gasteiger partial charge is 0.309 e. The number of hydrogen-bond acceptors (Lipinski definition) is 7. The fourth-order valence-electron chi connectivity index (χ4n) is 1.92. The minimum absolute atomic E-state index is 0.139. The molecule has 1 N–H and O–H groups in total. The number of carbonyl (C=O) groups excluding carboxylic acids is 1. The van der Waals surface area contributed by atoms with Crippen LogP contribution in [0.4, 0.5) is 5.13 Å². The topological polar surface area (TPSA) is 85.6 Å². The maximum Gasteiger partial charge on any atom is 0.236 e. The van der Waals surface area contributed by atoms with Gasteiger partial charge < -0.3 is 4.57 Å². The molecule has 118 valence electrons. The molecular formula is C14H14N6OS2. The van der Waals surface area contributed by atoms with Crippen LogP contribution in [0.15, 0.2) is 41.0 Å². The van der Waals surface area contributed by atoms with Crippen LogP contribution in [0.2, 0.25) is 0 Å². The van der Waals surface area contributed by atoms with Crippen LogP contribution in [0.1, 0.15) is 11.4 Å².